The first-order valence-electron chi connectivity index (χ1n) is 8.30. The summed E-state index contributed by atoms with van der Waals surface area (Å²) in [6, 6.07) is 0.922. The van der Waals surface area contributed by atoms with Crippen LogP contribution in [0, 0.1) is 0 Å². The maximum atomic E-state index is 12.2. The number of rotatable bonds is 6. The summed E-state index contributed by atoms with van der Waals surface area (Å²) < 4.78 is 0. The Labute approximate surface area is 148 Å². The lowest BCUT2D eigenvalue weighted by atomic mass is 10.0. The van der Waals surface area contributed by atoms with E-state index in [2.05, 4.69) is 16.0 Å². The fourth-order valence-electron chi connectivity index (χ4n) is 3.61. The highest BCUT2D eigenvalue weighted by atomic mass is 35.5. The summed E-state index contributed by atoms with van der Waals surface area (Å²) in [5, 5.41) is 9.78. The number of thioether (sulfide) groups is 1. The van der Waals surface area contributed by atoms with E-state index >= 15 is 0 Å². The van der Waals surface area contributed by atoms with Gasteiger partial charge >= 0.3 is 6.03 Å². The Morgan fingerprint density at radius 3 is 2.91 bits per heavy atom. The summed E-state index contributed by atoms with van der Waals surface area (Å²) in [6.07, 6.45) is 4.79. The zero-order valence-electron chi connectivity index (χ0n) is 13.5. The molecule has 0 aromatic rings. The van der Waals surface area contributed by atoms with Crippen molar-refractivity contribution in [3.05, 3.63) is 0 Å². The van der Waals surface area contributed by atoms with E-state index in [1.807, 2.05) is 23.7 Å². The van der Waals surface area contributed by atoms with Gasteiger partial charge in [0, 0.05) is 37.1 Å². The highest BCUT2D eigenvalue weighted by molar-refractivity contribution is 8.00. The number of urea groups is 1. The average molecular weight is 363 g/mol. The second-order valence-corrected chi connectivity index (χ2v) is 7.79. The summed E-state index contributed by atoms with van der Waals surface area (Å²) >= 11 is 1.94. The Morgan fingerprint density at radius 1 is 1.35 bits per heavy atom. The molecule has 132 valence electrons. The molecule has 3 fully saturated rings. The first-order valence-corrected chi connectivity index (χ1v) is 9.35. The van der Waals surface area contributed by atoms with Crippen molar-refractivity contribution in [1.82, 2.24) is 20.9 Å². The summed E-state index contributed by atoms with van der Waals surface area (Å²) in [4.78, 5) is 25.4. The second-order valence-electron chi connectivity index (χ2n) is 6.52. The molecule has 0 aromatic heterocycles. The first-order chi connectivity index (χ1) is 10.6. The van der Waals surface area contributed by atoms with E-state index in [1.54, 1.807) is 0 Å². The van der Waals surface area contributed by atoms with Crippen molar-refractivity contribution >= 4 is 36.1 Å². The molecule has 0 spiro atoms. The Morgan fingerprint density at radius 2 is 2.17 bits per heavy atom. The fraction of sp³-hybridized carbons (Fsp3) is 0.867. The molecule has 0 saturated carbocycles. The molecule has 3 aliphatic rings. The molecule has 3 aliphatic heterocycles. The summed E-state index contributed by atoms with van der Waals surface area (Å²) in [5.41, 5.74) is 0. The zero-order chi connectivity index (χ0) is 15.5. The molecule has 3 saturated heterocycles. The predicted octanol–water partition coefficient (Wildman–Crippen LogP) is 0.954. The number of hydrogen-bond donors (Lipinski definition) is 3. The third-order valence-electron chi connectivity index (χ3n) is 5.04. The third-order valence-corrected chi connectivity index (χ3v) is 6.55. The van der Waals surface area contributed by atoms with Gasteiger partial charge in [-0.15, -0.1) is 12.4 Å². The SMILES string of the molecule is CN(C(=O)CCCC[C@@H]1SC[C@@H]2NC(=O)N[C@@H]21)C1CCNC1.Cl. The van der Waals surface area contributed by atoms with Crippen LogP contribution in [0.2, 0.25) is 0 Å². The van der Waals surface area contributed by atoms with E-state index in [-0.39, 0.29) is 30.4 Å². The molecule has 8 heteroatoms. The fourth-order valence-corrected chi connectivity index (χ4v) is 5.16. The molecular formula is C15H27ClN4O2S. The number of carbonyl (C=O) groups excluding carboxylic acids is 2. The van der Waals surface area contributed by atoms with Crippen LogP contribution >= 0.6 is 24.2 Å². The number of unbranched alkanes of at least 4 members (excludes halogenated alkanes) is 1. The molecule has 23 heavy (non-hydrogen) atoms. The van der Waals surface area contributed by atoms with Crippen LogP contribution in [0.3, 0.4) is 0 Å². The van der Waals surface area contributed by atoms with Crippen LogP contribution in [0.4, 0.5) is 4.79 Å². The minimum absolute atomic E-state index is 0. The van der Waals surface area contributed by atoms with Crippen LogP contribution in [-0.2, 0) is 4.79 Å². The van der Waals surface area contributed by atoms with Gasteiger partial charge in [0.15, 0.2) is 0 Å². The quantitative estimate of drug-likeness (QED) is 0.486. The van der Waals surface area contributed by atoms with Crippen LogP contribution in [-0.4, -0.2) is 66.1 Å². The molecule has 1 unspecified atom stereocenters. The van der Waals surface area contributed by atoms with Gasteiger partial charge in [0.1, 0.15) is 0 Å². The zero-order valence-corrected chi connectivity index (χ0v) is 15.2. The minimum atomic E-state index is -0.0257. The molecule has 3 N–H and O–H groups in total. The third kappa shape index (κ3) is 4.45. The van der Waals surface area contributed by atoms with E-state index in [9.17, 15) is 9.59 Å². The lowest BCUT2D eigenvalue weighted by Crippen LogP contribution is -2.38. The molecule has 4 atom stereocenters. The summed E-state index contributed by atoms with van der Waals surface area (Å²) in [6.45, 7) is 1.94. The summed E-state index contributed by atoms with van der Waals surface area (Å²) in [7, 11) is 1.93. The smallest absolute Gasteiger partial charge is 0.315 e. The van der Waals surface area contributed by atoms with Crippen molar-refractivity contribution in [2.24, 2.45) is 0 Å². The van der Waals surface area contributed by atoms with Crippen LogP contribution in [0.5, 0.6) is 0 Å². The van der Waals surface area contributed by atoms with Gasteiger partial charge in [-0.05, 0) is 25.8 Å². The van der Waals surface area contributed by atoms with E-state index in [0.29, 0.717) is 23.8 Å². The van der Waals surface area contributed by atoms with Gasteiger partial charge in [-0.1, -0.05) is 6.42 Å². The normalized spacial score (nSPS) is 32.0. The van der Waals surface area contributed by atoms with Crippen molar-refractivity contribution in [1.29, 1.82) is 0 Å². The number of nitrogens with zero attached hydrogens (tertiary/aromatic N) is 1. The highest BCUT2D eigenvalue weighted by Crippen LogP contribution is 2.33. The Kier molecular flexibility index (Phi) is 6.85. The molecule has 0 radical (unpaired) electrons. The summed E-state index contributed by atoms with van der Waals surface area (Å²) in [5.74, 6) is 1.27. The van der Waals surface area contributed by atoms with Crippen LogP contribution in [0.15, 0.2) is 0 Å². The van der Waals surface area contributed by atoms with E-state index < -0.39 is 0 Å². The molecule has 6 nitrogen and oxygen atoms in total. The second kappa shape index (κ2) is 8.44. The van der Waals surface area contributed by atoms with Crippen molar-refractivity contribution in [3.8, 4) is 0 Å². The van der Waals surface area contributed by atoms with E-state index in [1.165, 1.54) is 0 Å². The first kappa shape index (κ1) is 18.7. The van der Waals surface area contributed by atoms with Gasteiger partial charge in [0.05, 0.1) is 12.1 Å². The van der Waals surface area contributed by atoms with Gasteiger partial charge in [-0.25, -0.2) is 4.79 Å². The van der Waals surface area contributed by atoms with Crippen LogP contribution in [0.25, 0.3) is 0 Å². The van der Waals surface area contributed by atoms with Crippen LogP contribution < -0.4 is 16.0 Å². The monoisotopic (exact) mass is 362 g/mol. The predicted molar refractivity (Wildman–Crippen MR) is 95.3 cm³/mol. The maximum Gasteiger partial charge on any atom is 0.315 e. The topological polar surface area (TPSA) is 73.5 Å². The number of halogens is 1. The van der Waals surface area contributed by atoms with Gasteiger partial charge < -0.3 is 20.9 Å². The highest BCUT2D eigenvalue weighted by Gasteiger charge is 2.42. The molecule has 3 heterocycles. The number of likely N-dealkylation sites (N-methyl/N-ethyl adjacent to an activating group) is 1. The number of fused-ring (bicyclic) bond motifs is 1. The van der Waals surface area contributed by atoms with E-state index in [4.69, 9.17) is 0 Å². The van der Waals surface area contributed by atoms with Crippen molar-refractivity contribution in [2.45, 2.75) is 55.5 Å². The van der Waals surface area contributed by atoms with Gasteiger partial charge in [0.25, 0.3) is 0 Å². The molecular weight excluding hydrogens is 336 g/mol. The van der Waals surface area contributed by atoms with Crippen LogP contribution in [0.1, 0.15) is 32.1 Å². The van der Waals surface area contributed by atoms with Gasteiger partial charge in [-0.2, -0.15) is 11.8 Å². The van der Waals surface area contributed by atoms with Crippen molar-refractivity contribution < 1.29 is 9.59 Å². The molecule has 3 rings (SSSR count). The molecule has 0 aromatic carbocycles. The van der Waals surface area contributed by atoms with E-state index in [0.717, 1.165) is 44.5 Å². The van der Waals surface area contributed by atoms with Crippen molar-refractivity contribution in [2.75, 3.05) is 25.9 Å². The Bertz CT molecular complexity index is 434. The van der Waals surface area contributed by atoms with Crippen molar-refractivity contribution in [3.63, 3.8) is 0 Å². The standard InChI is InChI=1S/C15H26N4O2S.ClH/c1-19(10-6-7-16-8-10)13(20)5-3-2-4-12-14-11(9-22-12)17-15(21)18-14;/h10-12,14,16H,2-9H2,1H3,(H2,17,18,21);1H/t10?,11-,12-,14-;/m0./s1. The van der Waals surface area contributed by atoms with Gasteiger partial charge in [-0.3, -0.25) is 4.79 Å². The lowest BCUT2D eigenvalue weighted by molar-refractivity contribution is -0.131. The Balaban J connectivity index is 0.00000192. The lowest BCUT2D eigenvalue weighted by Gasteiger charge is -2.24. The molecule has 0 aliphatic carbocycles. The average Bonchev–Trinajstić information content (AvgIpc) is 3.20. The maximum absolute atomic E-state index is 12.2. The number of amides is 3. The van der Waals surface area contributed by atoms with Gasteiger partial charge in [0.2, 0.25) is 5.91 Å². The molecule has 0 bridgehead atoms. The number of hydrogen-bond acceptors (Lipinski definition) is 4. The Hall–Kier alpha value is -0.660. The largest absolute Gasteiger partial charge is 0.341 e. The molecule has 3 amide bonds. The number of carbonyl (C=O) groups is 2. The number of nitrogens with one attached hydrogen (secondary N) is 3. The minimum Gasteiger partial charge on any atom is -0.341 e.